The molecule has 1 aromatic carbocycles. The van der Waals surface area contributed by atoms with E-state index in [0.717, 1.165) is 36.2 Å². The number of hydrogen-bond acceptors (Lipinski definition) is 4. The molecular weight excluding hydrogens is 409 g/mol. The summed E-state index contributed by atoms with van der Waals surface area (Å²) in [5.41, 5.74) is 2.36. The molecule has 7 heteroatoms. The highest BCUT2D eigenvalue weighted by molar-refractivity contribution is 5.92. The van der Waals surface area contributed by atoms with Crippen LogP contribution in [0.2, 0.25) is 0 Å². The van der Waals surface area contributed by atoms with E-state index in [-0.39, 0.29) is 23.6 Å². The third-order valence-corrected chi connectivity index (χ3v) is 5.75. The molecule has 2 heterocycles. The number of imidazole rings is 1. The molecule has 3 aromatic rings. The van der Waals surface area contributed by atoms with Crippen molar-refractivity contribution < 1.29 is 18.3 Å². The van der Waals surface area contributed by atoms with Crippen LogP contribution in [0.1, 0.15) is 62.5 Å². The van der Waals surface area contributed by atoms with Gasteiger partial charge in [0, 0.05) is 24.8 Å². The highest BCUT2D eigenvalue weighted by atomic mass is 19.1. The zero-order valence-corrected chi connectivity index (χ0v) is 18.6. The molecule has 1 amide bonds. The molecule has 1 N–H and O–H groups in total. The Hall–Kier alpha value is -2.93. The summed E-state index contributed by atoms with van der Waals surface area (Å²) in [5.74, 6) is 0.299. The van der Waals surface area contributed by atoms with Gasteiger partial charge in [0.25, 0.3) is 5.91 Å². The van der Waals surface area contributed by atoms with Crippen molar-refractivity contribution in [3.8, 4) is 22.7 Å². The second-order valence-electron chi connectivity index (χ2n) is 8.49. The SMILES string of the molecule is CC(C)OCCCNC(=O)c1ccc(-c2c(-c3ccc(F)cc3)ncn2C2CCCC2)o1. The van der Waals surface area contributed by atoms with Gasteiger partial charge in [0.1, 0.15) is 11.5 Å². The maximum absolute atomic E-state index is 13.5. The second-order valence-corrected chi connectivity index (χ2v) is 8.49. The zero-order chi connectivity index (χ0) is 22.5. The number of hydrogen-bond donors (Lipinski definition) is 1. The average molecular weight is 440 g/mol. The molecule has 0 spiro atoms. The Morgan fingerprint density at radius 1 is 1.22 bits per heavy atom. The molecule has 0 radical (unpaired) electrons. The van der Waals surface area contributed by atoms with Crippen molar-refractivity contribution >= 4 is 5.91 Å². The minimum atomic E-state index is -0.290. The molecule has 0 atom stereocenters. The van der Waals surface area contributed by atoms with Gasteiger partial charge < -0.3 is 19.0 Å². The average Bonchev–Trinajstić information content (AvgIpc) is 3.53. The van der Waals surface area contributed by atoms with Gasteiger partial charge >= 0.3 is 0 Å². The van der Waals surface area contributed by atoms with E-state index in [0.29, 0.717) is 25.0 Å². The van der Waals surface area contributed by atoms with Crippen LogP contribution in [0.15, 0.2) is 47.1 Å². The number of aromatic nitrogens is 2. The van der Waals surface area contributed by atoms with Crippen LogP contribution in [-0.2, 0) is 4.74 Å². The van der Waals surface area contributed by atoms with E-state index in [9.17, 15) is 9.18 Å². The lowest BCUT2D eigenvalue weighted by Gasteiger charge is -2.15. The number of halogens is 1. The minimum Gasteiger partial charge on any atom is -0.449 e. The summed E-state index contributed by atoms with van der Waals surface area (Å²) in [5, 5.41) is 2.88. The van der Waals surface area contributed by atoms with Crippen LogP contribution in [0.4, 0.5) is 4.39 Å². The Balaban J connectivity index is 1.56. The van der Waals surface area contributed by atoms with Crippen LogP contribution in [-0.4, -0.2) is 34.7 Å². The first-order valence-electron chi connectivity index (χ1n) is 11.4. The van der Waals surface area contributed by atoms with Gasteiger partial charge in [0.2, 0.25) is 0 Å². The van der Waals surface area contributed by atoms with Gasteiger partial charge in [0.15, 0.2) is 11.5 Å². The van der Waals surface area contributed by atoms with E-state index in [4.69, 9.17) is 9.15 Å². The molecule has 32 heavy (non-hydrogen) atoms. The number of ether oxygens (including phenoxy) is 1. The fourth-order valence-electron chi connectivity index (χ4n) is 4.15. The van der Waals surface area contributed by atoms with Gasteiger partial charge in [-0.3, -0.25) is 4.79 Å². The normalized spacial score (nSPS) is 14.4. The number of carbonyl (C=O) groups is 1. The fraction of sp³-hybridized carbons (Fsp3) is 0.440. The summed E-state index contributed by atoms with van der Waals surface area (Å²) < 4.78 is 27.1. The first-order chi connectivity index (χ1) is 15.5. The Morgan fingerprint density at radius 3 is 2.69 bits per heavy atom. The molecule has 1 aliphatic rings. The third kappa shape index (κ3) is 5.10. The molecule has 170 valence electrons. The van der Waals surface area contributed by atoms with E-state index in [1.165, 1.54) is 25.0 Å². The molecule has 2 aromatic heterocycles. The summed E-state index contributed by atoms with van der Waals surface area (Å²) in [7, 11) is 0. The van der Waals surface area contributed by atoms with Gasteiger partial charge in [-0.2, -0.15) is 0 Å². The Kier molecular flexibility index (Phi) is 7.05. The summed E-state index contributed by atoms with van der Waals surface area (Å²) in [6.45, 7) is 5.09. The van der Waals surface area contributed by atoms with E-state index < -0.39 is 0 Å². The van der Waals surface area contributed by atoms with E-state index in [2.05, 4.69) is 14.9 Å². The number of rotatable bonds is 9. The van der Waals surface area contributed by atoms with Crippen molar-refractivity contribution in [1.82, 2.24) is 14.9 Å². The minimum absolute atomic E-state index is 0.179. The van der Waals surface area contributed by atoms with Gasteiger partial charge in [-0.1, -0.05) is 12.8 Å². The Labute approximate surface area is 187 Å². The van der Waals surface area contributed by atoms with E-state index in [1.54, 1.807) is 18.2 Å². The Bertz CT molecular complexity index is 1030. The maximum atomic E-state index is 13.5. The smallest absolute Gasteiger partial charge is 0.287 e. The molecule has 1 aliphatic carbocycles. The maximum Gasteiger partial charge on any atom is 0.287 e. The number of amides is 1. The predicted molar refractivity (Wildman–Crippen MR) is 121 cm³/mol. The van der Waals surface area contributed by atoms with Crippen LogP contribution in [0.25, 0.3) is 22.7 Å². The molecule has 4 rings (SSSR count). The van der Waals surface area contributed by atoms with Crippen LogP contribution in [0, 0.1) is 5.82 Å². The Morgan fingerprint density at radius 2 is 1.97 bits per heavy atom. The largest absolute Gasteiger partial charge is 0.449 e. The summed E-state index contributed by atoms with van der Waals surface area (Å²) in [4.78, 5) is 17.2. The van der Waals surface area contributed by atoms with Crippen molar-refractivity contribution in [2.75, 3.05) is 13.2 Å². The number of furan rings is 1. The van der Waals surface area contributed by atoms with Crippen molar-refractivity contribution in [3.63, 3.8) is 0 Å². The predicted octanol–water partition coefficient (Wildman–Crippen LogP) is 5.61. The molecule has 0 unspecified atom stereocenters. The van der Waals surface area contributed by atoms with Crippen molar-refractivity contribution in [1.29, 1.82) is 0 Å². The van der Waals surface area contributed by atoms with E-state index >= 15 is 0 Å². The highest BCUT2D eigenvalue weighted by Gasteiger charge is 2.25. The van der Waals surface area contributed by atoms with Gasteiger partial charge in [-0.15, -0.1) is 0 Å². The van der Waals surface area contributed by atoms with Crippen LogP contribution in [0.3, 0.4) is 0 Å². The molecule has 0 aliphatic heterocycles. The van der Waals surface area contributed by atoms with Gasteiger partial charge in [-0.25, -0.2) is 9.37 Å². The standard InChI is InChI=1S/C25H30FN3O3/c1-17(2)31-15-5-14-27-25(30)22-13-12-21(32-22)24-23(18-8-10-19(26)11-9-18)28-16-29(24)20-6-3-4-7-20/h8-13,16-17,20H,3-7,14-15H2,1-2H3,(H,27,30). The number of carbonyl (C=O) groups excluding carboxylic acids is 1. The monoisotopic (exact) mass is 439 g/mol. The lowest BCUT2D eigenvalue weighted by molar-refractivity contribution is 0.0753. The molecule has 6 nitrogen and oxygen atoms in total. The highest BCUT2D eigenvalue weighted by Crippen LogP contribution is 2.39. The van der Waals surface area contributed by atoms with Crippen molar-refractivity contribution in [3.05, 3.63) is 54.3 Å². The summed E-state index contributed by atoms with van der Waals surface area (Å²) in [6, 6.07) is 10.1. The lowest BCUT2D eigenvalue weighted by atomic mass is 10.1. The topological polar surface area (TPSA) is 69.3 Å². The first-order valence-corrected chi connectivity index (χ1v) is 11.4. The molecule has 0 saturated heterocycles. The fourth-order valence-corrected chi connectivity index (χ4v) is 4.15. The lowest BCUT2D eigenvalue weighted by Crippen LogP contribution is -2.25. The number of nitrogens with one attached hydrogen (secondary N) is 1. The van der Waals surface area contributed by atoms with Crippen molar-refractivity contribution in [2.45, 2.75) is 58.1 Å². The first kappa shape index (κ1) is 22.3. The molecule has 1 saturated carbocycles. The van der Waals surface area contributed by atoms with Crippen LogP contribution in [0.5, 0.6) is 0 Å². The van der Waals surface area contributed by atoms with E-state index in [1.807, 2.05) is 26.2 Å². The number of nitrogens with zero attached hydrogens (tertiary/aromatic N) is 2. The van der Waals surface area contributed by atoms with Gasteiger partial charge in [-0.05, 0) is 69.5 Å². The quantitative estimate of drug-likeness (QED) is 0.440. The third-order valence-electron chi connectivity index (χ3n) is 5.75. The summed E-state index contributed by atoms with van der Waals surface area (Å²) >= 11 is 0. The zero-order valence-electron chi connectivity index (χ0n) is 18.6. The van der Waals surface area contributed by atoms with Crippen LogP contribution < -0.4 is 5.32 Å². The molecule has 1 fully saturated rings. The second kappa shape index (κ2) is 10.1. The number of benzene rings is 1. The van der Waals surface area contributed by atoms with Crippen molar-refractivity contribution in [2.24, 2.45) is 0 Å². The van der Waals surface area contributed by atoms with Crippen LogP contribution >= 0.6 is 0 Å². The summed E-state index contributed by atoms with van der Waals surface area (Å²) in [6.07, 6.45) is 7.28. The molecular formula is C25H30FN3O3. The van der Waals surface area contributed by atoms with Gasteiger partial charge in [0.05, 0.1) is 18.1 Å². The molecule has 0 bridgehead atoms.